The van der Waals surface area contributed by atoms with Gasteiger partial charge >= 0.3 is 5.97 Å². The van der Waals surface area contributed by atoms with Gasteiger partial charge in [0.1, 0.15) is 18.0 Å². The van der Waals surface area contributed by atoms with Crippen LogP contribution >= 0.6 is 0 Å². The van der Waals surface area contributed by atoms with Gasteiger partial charge < -0.3 is 19.9 Å². The third kappa shape index (κ3) is 3.63. The van der Waals surface area contributed by atoms with Crippen LogP contribution in [0.2, 0.25) is 0 Å². The van der Waals surface area contributed by atoms with Crippen molar-refractivity contribution in [1.29, 1.82) is 0 Å². The highest BCUT2D eigenvalue weighted by Gasteiger charge is 2.17. The molecule has 1 heterocycles. The van der Waals surface area contributed by atoms with Gasteiger partial charge in [0.05, 0.1) is 25.3 Å². The molecule has 0 saturated heterocycles. The fourth-order valence-electron chi connectivity index (χ4n) is 2.73. The molecule has 0 fully saturated rings. The Bertz CT molecular complexity index is 1120. The highest BCUT2D eigenvalue weighted by atomic mass is 16.5. The topological polar surface area (TPSA) is 120 Å². The van der Waals surface area contributed by atoms with Gasteiger partial charge in [-0.05, 0) is 18.2 Å². The lowest BCUT2D eigenvalue weighted by atomic mass is 10.1. The molecule has 2 N–H and O–H groups in total. The molecule has 0 saturated carbocycles. The molecule has 0 spiro atoms. The molecule has 1 aromatic heterocycles. The third-order valence-electron chi connectivity index (χ3n) is 4.05. The van der Waals surface area contributed by atoms with Gasteiger partial charge in [-0.25, -0.2) is 9.48 Å². The molecule has 28 heavy (non-hydrogen) atoms. The summed E-state index contributed by atoms with van der Waals surface area (Å²) in [6.07, 6.45) is 0. The van der Waals surface area contributed by atoms with Gasteiger partial charge in [-0.2, -0.15) is 5.10 Å². The molecule has 9 nitrogen and oxygen atoms in total. The van der Waals surface area contributed by atoms with Crippen molar-refractivity contribution >= 4 is 28.3 Å². The number of aromatic nitrogens is 2. The number of hydrogen-bond acceptors (Lipinski definition) is 6. The number of rotatable bonds is 6. The van der Waals surface area contributed by atoms with Gasteiger partial charge in [-0.3, -0.25) is 9.59 Å². The monoisotopic (exact) mass is 383 g/mol. The predicted molar refractivity (Wildman–Crippen MR) is 101 cm³/mol. The largest absolute Gasteiger partial charge is 0.497 e. The average Bonchev–Trinajstić information content (AvgIpc) is 2.70. The smallest absolute Gasteiger partial charge is 0.357 e. The van der Waals surface area contributed by atoms with Crippen LogP contribution < -0.4 is 20.3 Å². The fraction of sp³-hybridized carbons (Fsp3) is 0.158. The average molecular weight is 383 g/mol. The lowest BCUT2D eigenvalue weighted by molar-refractivity contribution is -0.117. The highest BCUT2D eigenvalue weighted by Crippen LogP contribution is 2.28. The minimum absolute atomic E-state index is 0.171. The SMILES string of the molecule is COc1ccc(NC(=O)Cn2nc(C(=O)O)c3ccccc3c2=O)c(OC)c1. The van der Waals surface area contributed by atoms with Crippen LogP contribution in [0.15, 0.2) is 47.3 Å². The quantitative estimate of drug-likeness (QED) is 0.665. The number of carboxylic acids is 1. The first-order valence-corrected chi connectivity index (χ1v) is 8.19. The van der Waals surface area contributed by atoms with Gasteiger partial charge in [-0.15, -0.1) is 0 Å². The van der Waals surface area contributed by atoms with Crippen LogP contribution in [0.1, 0.15) is 10.5 Å². The summed E-state index contributed by atoms with van der Waals surface area (Å²) in [6, 6.07) is 11.0. The lowest BCUT2D eigenvalue weighted by Crippen LogP contribution is -2.31. The first-order chi connectivity index (χ1) is 13.4. The molecule has 1 amide bonds. The van der Waals surface area contributed by atoms with E-state index in [2.05, 4.69) is 10.4 Å². The van der Waals surface area contributed by atoms with E-state index in [0.717, 1.165) is 4.68 Å². The molecule has 0 atom stereocenters. The van der Waals surface area contributed by atoms with E-state index in [-0.39, 0.29) is 16.5 Å². The zero-order valence-electron chi connectivity index (χ0n) is 15.1. The molecular weight excluding hydrogens is 366 g/mol. The van der Waals surface area contributed by atoms with Crippen molar-refractivity contribution in [1.82, 2.24) is 9.78 Å². The number of hydrogen-bond donors (Lipinski definition) is 2. The summed E-state index contributed by atoms with van der Waals surface area (Å²) in [5.41, 5.74) is -0.483. The Kier molecular flexibility index (Phi) is 5.25. The van der Waals surface area contributed by atoms with E-state index in [0.29, 0.717) is 17.2 Å². The minimum atomic E-state index is -1.29. The molecule has 0 aliphatic carbocycles. The number of carboxylic acid groups (broad SMARTS) is 1. The Hall–Kier alpha value is -3.88. The van der Waals surface area contributed by atoms with Gasteiger partial charge in [0.25, 0.3) is 5.56 Å². The maximum Gasteiger partial charge on any atom is 0.357 e. The molecule has 3 rings (SSSR count). The van der Waals surface area contributed by atoms with Crippen LogP contribution in [0.4, 0.5) is 5.69 Å². The number of carbonyl (C=O) groups is 2. The molecular formula is C19H17N3O6. The third-order valence-corrected chi connectivity index (χ3v) is 4.05. The molecule has 9 heteroatoms. The number of fused-ring (bicyclic) bond motifs is 1. The number of methoxy groups -OCH3 is 2. The molecule has 0 aliphatic rings. The molecule has 0 radical (unpaired) electrons. The molecule has 144 valence electrons. The number of anilines is 1. The number of carbonyl (C=O) groups excluding carboxylic acids is 1. The summed E-state index contributed by atoms with van der Waals surface area (Å²) in [6.45, 7) is -0.459. The Morgan fingerprint density at radius 3 is 2.46 bits per heavy atom. The highest BCUT2D eigenvalue weighted by molar-refractivity contribution is 6.01. The molecule has 0 unspecified atom stereocenters. The summed E-state index contributed by atoms with van der Waals surface area (Å²) in [7, 11) is 2.95. The maximum atomic E-state index is 12.6. The number of ether oxygens (including phenoxy) is 2. The minimum Gasteiger partial charge on any atom is -0.497 e. The molecule has 3 aromatic rings. The predicted octanol–water partition coefficient (Wildman–Crippen LogP) is 1.75. The zero-order valence-corrected chi connectivity index (χ0v) is 15.1. The zero-order chi connectivity index (χ0) is 20.3. The van der Waals surface area contributed by atoms with Gasteiger partial charge in [0, 0.05) is 11.5 Å². The number of nitrogens with zero attached hydrogens (tertiary/aromatic N) is 2. The van der Waals surface area contributed by atoms with E-state index < -0.39 is 24.0 Å². The normalized spacial score (nSPS) is 10.5. The fourth-order valence-corrected chi connectivity index (χ4v) is 2.73. The number of aromatic carboxylic acids is 1. The second-order valence-electron chi connectivity index (χ2n) is 5.78. The Morgan fingerprint density at radius 2 is 1.82 bits per heavy atom. The van der Waals surface area contributed by atoms with Crippen molar-refractivity contribution in [3.05, 3.63) is 58.5 Å². The van der Waals surface area contributed by atoms with E-state index in [9.17, 15) is 19.5 Å². The first kappa shape index (κ1) is 18.9. The summed E-state index contributed by atoms with van der Waals surface area (Å²) in [5.74, 6) is -0.932. The van der Waals surface area contributed by atoms with Crippen LogP contribution in [0.3, 0.4) is 0 Å². The van der Waals surface area contributed by atoms with E-state index in [1.807, 2.05) is 0 Å². The van der Waals surface area contributed by atoms with Crippen LogP contribution in [-0.4, -0.2) is 41.0 Å². The summed E-state index contributed by atoms with van der Waals surface area (Å²) < 4.78 is 11.1. The summed E-state index contributed by atoms with van der Waals surface area (Å²) in [5, 5.41) is 16.2. The van der Waals surface area contributed by atoms with Crippen LogP contribution in [0.5, 0.6) is 11.5 Å². The number of benzene rings is 2. The van der Waals surface area contributed by atoms with Crippen molar-refractivity contribution in [3.8, 4) is 11.5 Å². The van der Waals surface area contributed by atoms with Crippen LogP contribution in [-0.2, 0) is 11.3 Å². The second kappa shape index (κ2) is 7.78. The molecule has 0 bridgehead atoms. The lowest BCUT2D eigenvalue weighted by Gasteiger charge is -2.12. The Morgan fingerprint density at radius 1 is 1.11 bits per heavy atom. The van der Waals surface area contributed by atoms with Gasteiger partial charge in [-0.1, -0.05) is 18.2 Å². The van der Waals surface area contributed by atoms with Crippen molar-refractivity contribution in [2.75, 3.05) is 19.5 Å². The summed E-state index contributed by atoms with van der Waals surface area (Å²) >= 11 is 0. The van der Waals surface area contributed by atoms with E-state index in [1.54, 1.807) is 30.3 Å². The Labute approximate surface area is 159 Å². The summed E-state index contributed by atoms with van der Waals surface area (Å²) in [4.78, 5) is 36.5. The molecule has 2 aromatic carbocycles. The van der Waals surface area contributed by atoms with Crippen molar-refractivity contribution in [2.45, 2.75) is 6.54 Å². The maximum absolute atomic E-state index is 12.6. The van der Waals surface area contributed by atoms with Crippen LogP contribution in [0, 0.1) is 0 Å². The van der Waals surface area contributed by atoms with Crippen molar-refractivity contribution in [2.24, 2.45) is 0 Å². The number of amides is 1. The van der Waals surface area contributed by atoms with E-state index >= 15 is 0 Å². The van der Waals surface area contributed by atoms with Crippen molar-refractivity contribution in [3.63, 3.8) is 0 Å². The van der Waals surface area contributed by atoms with Crippen molar-refractivity contribution < 1.29 is 24.2 Å². The first-order valence-electron chi connectivity index (χ1n) is 8.19. The van der Waals surface area contributed by atoms with Gasteiger partial charge in [0.15, 0.2) is 5.69 Å². The van der Waals surface area contributed by atoms with E-state index in [4.69, 9.17) is 9.47 Å². The van der Waals surface area contributed by atoms with Crippen LogP contribution in [0.25, 0.3) is 10.8 Å². The molecule has 0 aliphatic heterocycles. The van der Waals surface area contributed by atoms with Gasteiger partial charge in [0.2, 0.25) is 5.91 Å². The van der Waals surface area contributed by atoms with E-state index in [1.165, 1.54) is 26.4 Å². The number of nitrogens with one attached hydrogen (secondary N) is 1. The Balaban J connectivity index is 1.93. The second-order valence-corrected chi connectivity index (χ2v) is 5.78. The standard InChI is InChI=1S/C19H17N3O6/c1-27-11-7-8-14(15(9-11)28-2)20-16(23)10-22-18(24)13-6-4-3-5-12(13)17(21-22)19(25)26/h3-9H,10H2,1-2H3,(H,20,23)(H,25,26).